The average Bonchev–Trinajstić information content (AvgIpc) is 2.72. The summed E-state index contributed by atoms with van der Waals surface area (Å²) in [7, 11) is 0. The molecule has 2 fully saturated rings. The van der Waals surface area contributed by atoms with Crippen LogP contribution in [0, 0.1) is 11.3 Å². The van der Waals surface area contributed by atoms with Crippen molar-refractivity contribution in [3.63, 3.8) is 0 Å². The minimum atomic E-state index is -0.404. The maximum Gasteiger partial charge on any atom is 0.258 e. The molecular formula is C11H14N2O3. The average molecular weight is 222 g/mol. The molecule has 0 aromatic carbocycles. The van der Waals surface area contributed by atoms with Gasteiger partial charge in [0.1, 0.15) is 12.2 Å². The highest BCUT2D eigenvalue weighted by Gasteiger charge is 2.45. The summed E-state index contributed by atoms with van der Waals surface area (Å²) in [6, 6.07) is 2.04. The number of hydrogen-bond donors (Lipinski definition) is 0. The summed E-state index contributed by atoms with van der Waals surface area (Å²) in [6.45, 7) is 0.426. The van der Waals surface area contributed by atoms with Crippen LogP contribution in [0.2, 0.25) is 0 Å². The number of hydrogen-bond acceptors (Lipinski definition) is 4. The lowest BCUT2D eigenvalue weighted by Gasteiger charge is -2.29. The lowest BCUT2D eigenvalue weighted by Crippen LogP contribution is -2.51. The van der Waals surface area contributed by atoms with Crippen LogP contribution in [-0.2, 0) is 14.3 Å². The second-order valence-corrected chi connectivity index (χ2v) is 4.13. The van der Waals surface area contributed by atoms with Gasteiger partial charge in [-0.3, -0.25) is 14.5 Å². The van der Waals surface area contributed by atoms with Gasteiger partial charge in [-0.1, -0.05) is 0 Å². The van der Waals surface area contributed by atoms with E-state index in [4.69, 9.17) is 10.00 Å². The number of carbonyl (C=O) groups excluding carboxylic acids is 2. The third kappa shape index (κ3) is 1.93. The number of amides is 2. The predicted molar refractivity (Wildman–Crippen MR) is 54.1 cm³/mol. The molecule has 2 aliphatic heterocycles. The van der Waals surface area contributed by atoms with E-state index in [9.17, 15) is 9.59 Å². The van der Waals surface area contributed by atoms with Crippen LogP contribution in [0.15, 0.2) is 0 Å². The summed E-state index contributed by atoms with van der Waals surface area (Å²) in [5.74, 6) is -0.397. The molecule has 16 heavy (non-hydrogen) atoms. The summed E-state index contributed by atoms with van der Waals surface area (Å²) < 4.78 is 5.29. The Hall–Kier alpha value is -1.41. The Morgan fingerprint density at radius 3 is 2.44 bits per heavy atom. The highest BCUT2D eigenvalue weighted by Crippen LogP contribution is 2.28. The molecule has 2 aliphatic rings. The van der Waals surface area contributed by atoms with Crippen LogP contribution in [0.1, 0.15) is 32.1 Å². The zero-order valence-corrected chi connectivity index (χ0v) is 9.02. The Morgan fingerprint density at radius 1 is 1.25 bits per heavy atom. The Bertz CT molecular complexity index is 326. The summed E-state index contributed by atoms with van der Waals surface area (Å²) in [6.07, 6.45) is 2.40. The molecule has 0 aromatic heterocycles. The Labute approximate surface area is 94.0 Å². The van der Waals surface area contributed by atoms with Gasteiger partial charge in [-0.05, 0) is 25.7 Å². The fourth-order valence-corrected chi connectivity index (χ4v) is 2.15. The minimum Gasteiger partial charge on any atom is -0.355 e. The number of unbranched alkanes of at least 4 members (excludes halogenated alkanes) is 2. The normalized spacial score (nSPS) is 28.3. The number of nitriles is 1. The number of morpholine rings is 1. The fraction of sp³-hybridized carbons (Fsp3) is 0.727. The standard InChI is InChI=1S/C11H14N2O3/c12-6-2-1-3-7-13-10(14)8-4-5-9(16-8)11(13)15/h8-9H,1-5,7H2. The maximum atomic E-state index is 11.8. The van der Waals surface area contributed by atoms with Gasteiger partial charge in [0, 0.05) is 13.0 Å². The van der Waals surface area contributed by atoms with E-state index in [1.807, 2.05) is 6.07 Å². The third-order valence-electron chi connectivity index (χ3n) is 3.02. The Morgan fingerprint density at radius 2 is 1.88 bits per heavy atom. The van der Waals surface area contributed by atoms with E-state index in [0.29, 0.717) is 32.2 Å². The van der Waals surface area contributed by atoms with Crippen molar-refractivity contribution in [1.82, 2.24) is 4.90 Å². The van der Waals surface area contributed by atoms with Crippen molar-refractivity contribution in [3.05, 3.63) is 0 Å². The number of likely N-dealkylation sites (tertiary alicyclic amines) is 1. The van der Waals surface area contributed by atoms with E-state index in [0.717, 1.165) is 6.42 Å². The van der Waals surface area contributed by atoms with E-state index < -0.39 is 12.2 Å². The first-order valence-corrected chi connectivity index (χ1v) is 5.61. The quantitative estimate of drug-likeness (QED) is 0.515. The molecule has 2 unspecified atom stereocenters. The monoisotopic (exact) mass is 222 g/mol. The summed E-state index contributed by atoms with van der Waals surface area (Å²) >= 11 is 0. The molecule has 0 radical (unpaired) electrons. The molecule has 2 atom stereocenters. The van der Waals surface area contributed by atoms with Crippen LogP contribution >= 0.6 is 0 Å². The van der Waals surface area contributed by atoms with Gasteiger partial charge in [0.2, 0.25) is 0 Å². The van der Waals surface area contributed by atoms with Gasteiger partial charge in [0.05, 0.1) is 6.07 Å². The van der Waals surface area contributed by atoms with Gasteiger partial charge < -0.3 is 4.74 Å². The number of ether oxygens (including phenoxy) is 1. The van der Waals surface area contributed by atoms with Crippen molar-refractivity contribution in [1.29, 1.82) is 5.26 Å². The zero-order valence-electron chi connectivity index (χ0n) is 9.02. The van der Waals surface area contributed by atoms with E-state index in [1.54, 1.807) is 0 Å². The fourth-order valence-electron chi connectivity index (χ4n) is 2.15. The molecule has 2 saturated heterocycles. The van der Waals surface area contributed by atoms with Crippen molar-refractivity contribution in [2.45, 2.75) is 44.3 Å². The van der Waals surface area contributed by atoms with Crippen molar-refractivity contribution in [2.75, 3.05) is 6.54 Å². The van der Waals surface area contributed by atoms with Crippen LogP contribution in [0.4, 0.5) is 0 Å². The highest BCUT2D eigenvalue weighted by atomic mass is 16.5. The molecule has 0 aromatic rings. The largest absolute Gasteiger partial charge is 0.355 e. The number of imide groups is 1. The molecule has 2 rings (SSSR count). The Balaban J connectivity index is 1.91. The first-order valence-electron chi connectivity index (χ1n) is 5.61. The van der Waals surface area contributed by atoms with E-state index in [2.05, 4.69) is 0 Å². The van der Waals surface area contributed by atoms with Gasteiger partial charge >= 0.3 is 0 Å². The molecule has 0 aliphatic carbocycles. The maximum absolute atomic E-state index is 11.8. The lowest BCUT2D eigenvalue weighted by molar-refractivity contribution is -0.168. The van der Waals surface area contributed by atoms with E-state index >= 15 is 0 Å². The lowest BCUT2D eigenvalue weighted by atomic mass is 10.2. The molecule has 2 bridgehead atoms. The van der Waals surface area contributed by atoms with Crippen molar-refractivity contribution in [3.8, 4) is 6.07 Å². The molecule has 5 nitrogen and oxygen atoms in total. The third-order valence-corrected chi connectivity index (χ3v) is 3.02. The number of carbonyl (C=O) groups is 2. The minimum absolute atomic E-state index is 0.198. The van der Waals surface area contributed by atoms with Crippen LogP contribution in [0.3, 0.4) is 0 Å². The zero-order chi connectivity index (χ0) is 11.5. The van der Waals surface area contributed by atoms with Gasteiger partial charge in [-0.25, -0.2) is 0 Å². The van der Waals surface area contributed by atoms with Crippen LogP contribution in [0.5, 0.6) is 0 Å². The summed E-state index contributed by atoms with van der Waals surface area (Å²) in [5, 5.41) is 8.38. The van der Waals surface area contributed by atoms with E-state index in [-0.39, 0.29) is 11.8 Å². The smallest absolute Gasteiger partial charge is 0.258 e. The first kappa shape index (κ1) is 11.1. The first-order chi connectivity index (χ1) is 7.74. The van der Waals surface area contributed by atoms with Crippen LogP contribution in [0.25, 0.3) is 0 Å². The van der Waals surface area contributed by atoms with Crippen LogP contribution in [-0.4, -0.2) is 35.5 Å². The molecule has 0 N–H and O–H groups in total. The van der Waals surface area contributed by atoms with Crippen molar-refractivity contribution < 1.29 is 14.3 Å². The molecule has 2 heterocycles. The predicted octanol–water partition coefficient (Wildman–Crippen LogP) is 0.597. The molecule has 2 amide bonds. The molecule has 0 saturated carbocycles. The molecular weight excluding hydrogens is 208 g/mol. The SMILES string of the molecule is N#CCCCCN1C(=O)C2CCC(O2)C1=O. The van der Waals surface area contributed by atoms with Crippen molar-refractivity contribution in [2.24, 2.45) is 0 Å². The van der Waals surface area contributed by atoms with Gasteiger partial charge in [0.25, 0.3) is 11.8 Å². The molecule has 86 valence electrons. The Kier molecular flexibility index (Phi) is 3.20. The van der Waals surface area contributed by atoms with Crippen molar-refractivity contribution >= 4 is 11.8 Å². The number of fused-ring (bicyclic) bond motifs is 2. The molecule has 0 spiro atoms. The van der Waals surface area contributed by atoms with Gasteiger partial charge in [-0.15, -0.1) is 0 Å². The van der Waals surface area contributed by atoms with Gasteiger partial charge in [-0.2, -0.15) is 5.26 Å². The van der Waals surface area contributed by atoms with Gasteiger partial charge in [0.15, 0.2) is 0 Å². The number of rotatable bonds is 4. The topological polar surface area (TPSA) is 70.4 Å². The van der Waals surface area contributed by atoms with E-state index in [1.165, 1.54) is 4.90 Å². The molecule has 5 heteroatoms. The summed E-state index contributed by atoms with van der Waals surface area (Å²) in [4.78, 5) is 24.9. The summed E-state index contributed by atoms with van der Waals surface area (Å²) in [5.41, 5.74) is 0. The van der Waals surface area contributed by atoms with Crippen LogP contribution < -0.4 is 0 Å². The number of nitrogens with zero attached hydrogens (tertiary/aromatic N) is 2. The second-order valence-electron chi connectivity index (χ2n) is 4.13. The highest BCUT2D eigenvalue weighted by molar-refractivity contribution is 6.02. The second kappa shape index (κ2) is 4.62.